The summed E-state index contributed by atoms with van der Waals surface area (Å²) in [6, 6.07) is 2.19. The number of anilines is 1. The van der Waals surface area contributed by atoms with E-state index in [9.17, 15) is 0 Å². The first-order chi connectivity index (χ1) is 9.30. The average Bonchev–Trinajstić information content (AvgIpc) is 2.87. The van der Waals surface area contributed by atoms with Crippen LogP contribution in [0.15, 0.2) is 6.20 Å². The Hall–Kier alpha value is -1.16. The average molecular weight is 282 g/mol. The molecule has 1 aromatic heterocycles. The van der Waals surface area contributed by atoms with Gasteiger partial charge in [-0.05, 0) is 6.42 Å². The maximum absolute atomic E-state index is 8.68. The van der Waals surface area contributed by atoms with Crippen LogP contribution in [0, 0.1) is 11.3 Å². The van der Waals surface area contributed by atoms with Crippen molar-refractivity contribution in [2.24, 2.45) is 0 Å². The number of nitrogens with one attached hydrogen (secondary N) is 1. The highest BCUT2D eigenvalue weighted by Crippen LogP contribution is 2.19. The van der Waals surface area contributed by atoms with Crippen LogP contribution in [-0.2, 0) is 11.3 Å². The number of hydrogen-bond donors (Lipinski definition) is 1. The molecule has 0 aliphatic carbocycles. The number of aromatic nitrogens is 1. The van der Waals surface area contributed by atoms with Crippen molar-refractivity contribution < 1.29 is 4.74 Å². The maximum atomic E-state index is 8.68. The van der Waals surface area contributed by atoms with Gasteiger partial charge in [0.25, 0.3) is 0 Å². The van der Waals surface area contributed by atoms with E-state index >= 15 is 0 Å². The van der Waals surface area contributed by atoms with Gasteiger partial charge in [0.05, 0.1) is 12.7 Å². The van der Waals surface area contributed by atoms with Crippen LogP contribution in [0.1, 0.15) is 24.6 Å². The molecule has 0 aliphatic heterocycles. The Labute approximate surface area is 119 Å². The second-order valence-corrected chi connectivity index (χ2v) is 5.35. The molecule has 0 amide bonds. The summed E-state index contributed by atoms with van der Waals surface area (Å²) in [5, 5.41) is 12.9. The summed E-state index contributed by atoms with van der Waals surface area (Å²) >= 11 is 1.68. The zero-order chi connectivity index (χ0) is 13.9. The van der Waals surface area contributed by atoms with Crippen molar-refractivity contribution in [1.82, 2.24) is 9.88 Å². The molecule has 1 heterocycles. The van der Waals surface area contributed by atoms with Crippen LogP contribution in [0.2, 0.25) is 0 Å². The highest BCUT2D eigenvalue weighted by Gasteiger charge is 2.08. The van der Waals surface area contributed by atoms with Gasteiger partial charge in [0.2, 0.25) is 0 Å². The number of thiazole rings is 1. The van der Waals surface area contributed by atoms with Crippen LogP contribution < -0.4 is 5.32 Å². The third kappa shape index (κ3) is 6.53. The Morgan fingerprint density at radius 2 is 2.37 bits per heavy atom. The standard InChI is InChI=1S/C13H22N4OS/c1-3-6-15-13-16-10-12(19-13)11-17(7-4-5-14)8-9-18-2/h10H,3-4,6-9,11H2,1-2H3,(H,15,16). The van der Waals surface area contributed by atoms with Crippen molar-refractivity contribution in [3.8, 4) is 6.07 Å². The van der Waals surface area contributed by atoms with E-state index in [1.807, 2.05) is 6.20 Å². The molecule has 1 rings (SSSR count). The molecular formula is C13H22N4OS. The van der Waals surface area contributed by atoms with Gasteiger partial charge in [-0.1, -0.05) is 6.92 Å². The van der Waals surface area contributed by atoms with Crippen LogP contribution >= 0.6 is 11.3 Å². The lowest BCUT2D eigenvalue weighted by Gasteiger charge is -2.19. The van der Waals surface area contributed by atoms with Gasteiger partial charge >= 0.3 is 0 Å². The Balaban J connectivity index is 2.47. The molecule has 0 radical (unpaired) electrons. The predicted octanol–water partition coefficient (Wildman–Crippen LogP) is 2.33. The van der Waals surface area contributed by atoms with E-state index < -0.39 is 0 Å². The SMILES string of the molecule is CCCNc1ncc(CN(CCC#N)CCOC)s1. The van der Waals surface area contributed by atoms with E-state index in [0.717, 1.165) is 37.7 Å². The van der Waals surface area contributed by atoms with Gasteiger partial charge in [-0.25, -0.2) is 4.98 Å². The first-order valence-electron chi connectivity index (χ1n) is 6.57. The lowest BCUT2D eigenvalue weighted by atomic mass is 10.3. The van der Waals surface area contributed by atoms with E-state index in [1.165, 1.54) is 4.88 Å². The topological polar surface area (TPSA) is 61.2 Å². The van der Waals surface area contributed by atoms with Gasteiger partial charge in [-0.2, -0.15) is 5.26 Å². The summed E-state index contributed by atoms with van der Waals surface area (Å²) in [6.07, 6.45) is 3.55. The molecule has 106 valence electrons. The summed E-state index contributed by atoms with van der Waals surface area (Å²) < 4.78 is 5.10. The summed E-state index contributed by atoms with van der Waals surface area (Å²) in [4.78, 5) is 7.79. The van der Waals surface area contributed by atoms with Gasteiger partial charge in [0, 0.05) is 50.8 Å². The predicted molar refractivity (Wildman–Crippen MR) is 78.3 cm³/mol. The van der Waals surface area contributed by atoms with Crippen LogP contribution in [0.3, 0.4) is 0 Å². The molecule has 1 aromatic rings. The molecular weight excluding hydrogens is 260 g/mol. The maximum Gasteiger partial charge on any atom is 0.182 e. The van der Waals surface area contributed by atoms with Crippen molar-refractivity contribution in [3.05, 3.63) is 11.1 Å². The third-order valence-corrected chi connectivity index (χ3v) is 3.55. The van der Waals surface area contributed by atoms with E-state index in [2.05, 4.69) is 28.2 Å². The highest BCUT2D eigenvalue weighted by molar-refractivity contribution is 7.15. The minimum Gasteiger partial charge on any atom is -0.383 e. The van der Waals surface area contributed by atoms with Gasteiger partial charge in [0.1, 0.15) is 0 Å². The zero-order valence-electron chi connectivity index (χ0n) is 11.7. The first kappa shape index (κ1) is 15.9. The van der Waals surface area contributed by atoms with Crippen LogP contribution in [0.25, 0.3) is 0 Å². The highest BCUT2D eigenvalue weighted by atomic mass is 32.1. The monoisotopic (exact) mass is 282 g/mol. The minimum atomic E-state index is 0.545. The van der Waals surface area contributed by atoms with Gasteiger partial charge in [0.15, 0.2) is 5.13 Å². The molecule has 0 fully saturated rings. The Kier molecular flexibility index (Phi) is 8.14. The fraction of sp³-hybridized carbons (Fsp3) is 0.692. The minimum absolute atomic E-state index is 0.545. The van der Waals surface area contributed by atoms with Crippen LogP contribution in [0.4, 0.5) is 5.13 Å². The normalized spacial score (nSPS) is 10.6. The van der Waals surface area contributed by atoms with E-state index in [0.29, 0.717) is 13.0 Å². The van der Waals surface area contributed by atoms with Crippen LogP contribution in [-0.4, -0.2) is 43.2 Å². The van der Waals surface area contributed by atoms with Crippen molar-refractivity contribution >= 4 is 16.5 Å². The third-order valence-electron chi connectivity index (χ3n) is 2.61. The van der Waals surface area contributed by atoms with Gasteiger partial charge in [-0.15, -0.1) is 11.3 Å². The number of nitrogens with zero attached hydrogens (tertiary/aromatic N) is 3. The molecule has 1 N–H and O–H groups in total. The molecule has 0 bridgehead atoms. The number of hydrogen-bond acceptors (Lipinski definition) is 6. The lowest BCUT2D eigenvalue weighted by Crippen LogP contribution is -2.27. The molecule has 0 atom stereocenters. The smallest absolute Gasteiger partial charge is 0.182 e. The number of nitriles is 1. The number of rotatable bonds is 10. The van der Waals surface area contributed by atoms with Crippen molar-refractivity contribution in [2.75, 3.05) is 38.7 Å². The molecule has 5 nitrogen and oxygen atoms in total. The van der Waals surface area contributed by atoms with E-state index in [1.54, 1.807) is 18.4 Å². The Morgan fingerprint density at radius 3 is 3.05 bits per heavy atom. The Bertz CT molecular complexity index is 388. The van der Waals surface area contributed by atoms with Gasteiger partial charge in [-0.3, -0.25) is 4.90 Å². The second kappa shape index (κ2) is 9.73. The largest absolute Gasteiger partial charge is 0.383 e. The summed E-state index contributed by atoms with van der Waals surface area (Å²) in [5.74, 6) is 0. The van der Waals surface area contributed by atoms with E-state index in [4.69, 9.17) is 10.00 Å². The molecule has 0 aliphatic rings. The van der Waals surface area contributed by atoms with E-state index in [-0.39, 0.29) is 0 Å². The second-order valence-electron chi connectivity index (χ2n) is 4.24. The molecule has 19 heavy (non-hydrogen) atoms. The number of ether oxygens (including phenoxy) is 1. The zero-order valence-corrected chi connectivity index (χ0v) is 12.5. The van der Waals surface area contributed by atoms with Crippen molar-refractivity contribution in [3.63, 3.8) is 0 Å². The summed E-state index contributed by atoms with van der Waals surface area (Å²) in [7, 11) is 1.70. The fourth-order valence-corrected chi connectivity index (χ4v) is 2.49. The summed E-state index contributed by atoms with van der Waals surface area (Å²) in [5.41, 5.74) is 0. The van der Waals surface area contributed by atoms with Crippen molar-refractivity contribution in [1.29, 1.82) is 5.26 Å². The Morgan fingerprint density at radius 1 is 1.53 bits per heavy atom. The molecule has 6 heteroatoms. The molecule has 0 spiro atoms. The molecule has 0 saturated heterocycles. The lowest BCUT2D eigenvalue weighted by molar-refractivity contribution is 0.146. The van der Waals surface area contributed by atoms with Crippen LogP contribution in [0.5, 0.6) is 0 Å². The van der Waals surface area contributed by atoms with Crippen molar-refractivity contribution in [2.45, 2.75) is 26.3 Å². The molecule has 0 unspecified atom stereocenters. The first-order valence-corrected chi connectivity index (χ1v) is 7.38. The number of methoxy groups -OCH3 is 1. The quantitative estimate of drug-likeness (QED) is 0.713. The molecule has 0 saturated carbocycles. The summed E-state index contributed by atoms with van der Waals surface area (Å²) in [6.45, 7) is 6.22. The fourth-order valence-electron chi connectivity index (χ4n) is 1.61. The molecule has 0 aromatic carbocycles. The van der Waals surface area contributed by atoms with Gasteiger partial charge < -0.3 is 10.1 Å².